The summed E-state index contributed by atoms with van der Waals surface area (Å²) in [6, 6.07) is 5.91. The summed E-state index contributed by atoms with van der Waals surface area (Å²) < 4.78 is 2.01. The number of fused-ring (bicyclic) bond motifs is 1. The van der Waals surface area contributed by atoms with Crippen LogP contribution in [0.1, 0.15) is 18.7 Å². The number of rotatable bonds is 5. The second kappa shape index (κ2) is 10.9. The molecule has 2 saturated heterocycles. The van der Waals surface area contributed by atoms with E-state index in [9.17, 15) is 4.79 Å². The van der Waals surface area contributed by atoms with Crippen molar-refractivity contribution in [2.24, 2.45) is 4.99 Å². The standard InChI is InChI=1S/C20H30N8O.HI/c1-21-20(22-8-7-18-24-23-17-6-2-3-11-28(17)18)27-14-12-25(13-15-27)16-19(29)26-9-4-5-10-26;/h2-3,6,11H,4-5,7-10,12-16H2,1H3,(H,21,22);1H. The van der Waals surface area contributed by atoms with Gasteiger partial charge in [-0.25, -0.2) is 0 Å². The van der Waals surface area contributed by atoms with Crippen LogP contribution >= 0.6 is 24.0 Å². The SMILES string of the molecule is CN=C(NCCc1nnc2ccccn12)N1CCN(CC(=O)N2CCCC2)CC1.I. The van der Waals surface area contributed by atoms with E-state index in [1.165, 1.54) is 0 Å². The number of pyridine rings is 1. The van der Waals surface area contributed by atoms with Gasteiger partial charge in [-0.05, 0) is 25.0 Å². The lowest BCUT2D eigenvalue weighted by molar-refractivity contribution is -0.131. The van der Waals surface area contributed by atoms with Gasteiger partial charge < -0.3 is 15.1 Å². The number of guanidine groups is 1. The van der Waals surface area contributed by atoms with Crippen molar-refractivity contribution in [3.8, 4) is 0 Å². The molecule has 2 aromatic rings. The van der Waals surface area contributed by atoms with E-state index in [2.05, 4.69) is 30.3 Å². The lowest BCUT2D eigenvalue weighted by Gasteiger charge is -2.36. The third-order valence-electron chi connectivity index (χ3n) is 5.72. The zero-order valence-corrected chi connectivity index (χ0v) is 19.9. The van der Waals surface area contributed by atoms with Crippen molar-refractivity contribution in [1.82, 2.24) is 34.6 Å². The van der Waals surface area contributed by atoms with Crippen molar-refractivity contribution in [2.75, 3.05) is 59.4 Å². The zero-order chi connectivity index (χ0) is 20.1. The molecule has 2 aliphatic rings. The van der Waals surface area contributed by atoms with Crippen LogP contribution in [0.15, 0.2) is 29.4 Å². The molecule has 0 bridgehead atoms. The number of carbonyl (C=O) groups is 1. The van der Waals surface area contributed by atoms with Gasteiger partial charge in [0.15, 0.2) is 11.6 Å². The Hall–Kier alpha value is -1.95. The predicted octanol–water partition coefficient (Wildman–Crippen LogP) is 0.705. The average Bonchev–Trinajstić information content (AvgIpc) is 3.43. The fourth-order valence-electron chi connectivity index (χ4n) is 4.06. The smallest absolute Gasteiger partial charge is 0.236 e. The summed E-state index contributed by atoms with van der Waals surface area (Å²) in [4.78, 5) is 23.3. The molecule has 0 spiro atoms. The first-order valence-electron chi connectivity index (χ1n) is 10.5. The lowest BCUT2D eigenvalue weighted by Crippen LogP contribution is -2.54. The molecule has 4 heterocycles. The maximum atomic E-state index is 12.4. The van der Waals surface area contributed by atoms with E-state index >= 15 is 0 Å². The predicted molar refractivity (Wildman–Crippen MR) is 127 cm³/mol. The summed E-state index contributed by atoms with van der Waals surface area (Å²) in [5.74, 6) is 2.12. The Morgan fingerprint density at radius 3 is 2.57 bits per heavy atom. The summed E-state index contributed by atoms with van der Waals surface area (Å²) in [6.45, 7) is 6.66. The van der Waals surface area contributed by atoms with Crippen LogP contribution in [0, 0.1) is 0 Å². The number of nitrogens with zero attached hydrogens (tertiary/aromatic N) is 7. The molecule has 0 atom stereocenters. The first-order chi connectivity index (χ1) is 14.2. The van der Waals surface area contributed by atoms with Crippen molar-refractivity contribution < 1.29 is 4.79 Å². The molecule has 10 heteroatoms. The van der Waals surface area contributed by atoms with Crippen LogP contribution in [0.5, 0.6) is 0 Å². The van der Waals surface area contributed by atoms with Crippen LogP contribution in [0.25, 0.3) is 5.65 Å². The van der Waals surface area contributed by atoms with Gasteiger partial charge in [-0.3, -0.25) is 19.1 Å². The molecule has 1 amide bonds. The maximum absolute atomic E-state index is 12.4. The molecule has 4 rings (SSSR count). The summed E-state index contributed by atoms with van der Waals surface area (Å²) in [6.07, 6.45) is 5.05. The Bertz CT molecular complexity index is 855. The minimum atomic E-state index is 0. The van der Waals surface area contributed by atoms with E-state index in [0.29, 0.717) is 6.54 Å². The fourth-order valence-corrected chi connectivity index (χ4v) is 4.06. The van der Waals surface area contributed by atoms with Crippen molar-refractivity contribution in [2.45, 2.75) is 19.3 Å². The molecular formula is C20H31IN8O. The third kappa shape index (κ3) is 5.39. The van der Waals surface area contributed by atoms with Crippen LogP contribution in [0.3, 0.4) is 0 Å². The summed E-state index contributed by atoms with van der Waals surface area (Å²) in [5.41, 5.74) is 0.867. The first-order valence-corrected chi connectivity index (χ1v) is 10.5. The normalized spacial score (nSPS) is 18.0. The number of halogens is 1. The second-order valence-corrected chi connectivity index (χ2v) is 7.62. The maximum Gasteiger partial charge on any atom is 0.236 e. The molecule has 30 heavy (non-hydrogen) atoms. The Morgan fingerprint density at radius 1 is 1.07 bits per heavy atom. The molecule has 0 unspecified atom stereocenters. The number of hydrogen-bond donors (Lipinski definition) is 1. The van der Waals surface area contributed by atoms with Gasteiger partial charge in [0.25, 0.3) is 0 Å². The van der Waals surface area contributed by atoms with Gasteiger partial charge in [0.2, 0.25) is 5.91 Å². The van der Waals surface area contributed by atoms with E-state index < -0.39 is 0 Å². The highest BCUT2D eigenvalue weighted by molar-refractivity contribution is 14.0. The second-order valence-electron chi connectivity index (χ2n) is 7.62. The Labute approximate surface area is 194 Å². The van der Waals surface area contributed by atoms with E-state index in [4.69, 9.17) is 0 Å². The molecule has 2 aromatic heterocycles. The molecule has 0 aliphatic carbocycles. The number of aromatic nitrogens is 3. The van der Waals surface area contributed by atoms with Crippen molar-refractivity contribution in [1.29, 1.82) is 0 Å². The van der Waals surface area contributed by atoms with E-state index in [0.717, 1.165) is 82.5 Å². The summed E-state index contributed by atoms with van der Waals surface area (Å²) in [7, 11) is 1.82. The molecule has 0 aromatic carbocycles. The van der Waals surface area contributed by atoms with Crippen LogP contribution in [-0.2, 0) is 11.2 Å². The topological polar surface area (TPSA) is 81.4 Å². The Morgan fingerprint density at radius 2 is 1.83 bits per heavy atom. The minimum absolute atomic E-state index is 0. The molecule has 2 aliphatic heterocycles. The number of likely N-dealkylation sites (tertiary alicyclic amines) is 1. The largest absolute Gasteiger partial charge is 0.356 e. The monoisotopic (exact) mass is 526 g/mol. The van der Waals surface area contributed by atoms with Crippen LogP contribution in [0.2, 0.25) is 0 Å². The molecule has 0 radical (unpaired) electrons. The van der Waals surface area contributed by atoms with Gasteiger partial charge in [-0.1, -0.05) is 6.07 Å². The number of amides is 1. The quantitative estimate of drug-likeness (QED) is 0.351. The zero-order valence-electron chi connectivity index (χ0n) is 17.5. The molecule has 9 nitrogen and oxygen atoms in total. The van der Waals surface area contributed by atoms with E-state index in [1.807, 2.05) is 40.7 Å². The molecule has 0 saturated carbocycles. The number of aliphatic imine (C=N–C) groups is 1. The average molecular weight is 526 g/mol. The van der Waals surface area contributed by atoms with Crippen LogP contribution in [0.4, 0.5) is 0 Å². The molecule has 1 N–H and O–H groups in total. The first kappa shape index (κ1) is 22.7. The van der Waals surface area contributed by atoms with Gasteiger partial charge in [-0.15, -0.1) is 34.2 Å². The lowest BCUT2D eigenvalue weighted by atomic mass is 10.3. The fraction of sp³-hybridized carbons (Fsp3) is 0.600. The summed E-state index contributed by atoms with van der Waals surface area (Å²) >= 11 is 0. The van der Waals surface area contributed by atoms with Gasteiger partial charge in [0.05, 0.1) is 6.54 Å². The van der Waals surface area contributed by atoms with Crippen molar-refractivity contribution in [3.63, 3.8) is 0 Å². The van der Waals surface area contributed by atoms with E-state index in [-0.39, 0.29) is 29.9 Å². The third-order valence-corrected chi connectivity index (χ3v) is 5.72. The van der Waals surface area contributed by atoms with E-state index in [1.54, 1.807) is 0 Å². The van der Waals surface area contributed by atoms with Gasteiger partial charge in [0.1, 0.15) is 5.82 Å². The Balaban J connectivity index is 0.00000256. The van der Waals surface area contributed by atoms with Crippen molar-refractivity contribution in [3.05, 3.63) is 30.2 Å². The highest BCUT2D eigenvalue weighted by Crippen LogP contribution is 2.09. The van der Waals surface area contributed by atoms with Gasteiger partial charge in [-0.2, -0.15) is 0 Å². The number of carbonyl (C=O) groups excluding carboxylic acids is 1. The number of piperazine rings is 1. The van der Waals surface area contributed by atoms with Crippen molar-refractivity contribution >= 4 is 41.5 Å². The highest BCUT2D eigenvalue weighted by Gasteiger charge is 2.24. The van der Waals surface area contributed by atoms with Crippen LogP contribution in [-0.4, -0.2) is 101 Å². The number of hydrogen-bond acceptors (Lipinski definition) is 5. The molecule has 164 valence electrons. The minimum Gasteiger partial charge on any atom is -0.356 e. The summed E-state index contributed by atoms with van der Waals surface area (Å²) in [5, 5.41) is 11.9. The van der Waals surface area contributed by atoms with Crippen LogP contribution < -0.4 is 5.32 Å². The molecular weight excluding hydrogens is 495 g/mol. The van der Waals surface area contributed by atoms with Gasteiger partial charge in [0, 0.05) is 65.5 Å². The molecule has 2 fully saturated rings. The number of nitrogens with one attached hydrogen (secondary N) is 1. The van der Waals surface area contributed by atoms with Gasteiger partial charge >= 0.3 is 0 Å². The Kier molecular flexibility index (Phi) is 8.25. The highest BCUT2D eigenvalue weighted by atomic mass is 127.